The minimum atomic E-state index is -0.833. The maximum Gasteiger partial charge on any atom is 3.00 e. The van der Waals surface area contributed by atoms with Crippen molar-refractivity contribution in [2.75, 3.05) is 0 Å². The number of nitrogens with two attached hydrogens (primary N) is 2. The third-order valence-corrected chi connectivity index (χ3v) is 0. The second-order valence-electron chi connectivity index (χ2n) is 0.402. The molecule has 0 bridgehead atoms. The monoisotopic (exact) mass is 122 g/mol. The Hall–Kier alpha value is 0.0925. The first-order valence-corrected chi connectivity index (χ1v) is 0.781. The van der Waals surface area contributed by atoms with Crippen molar-refractivity contribution in [2.45, 2.75) is 0 Å². The molecule has 0 unspecified atom stereocenters. The van der Waals surface area contributed by atoms with E-state index < -0.39 is 6.03 Å². The van der Waals surface area contributed by atoms with Crippen molar-refractivity contribution in [2.24, 2.45) is 11.5 Å². The summed E-state index contributed by atoms with van der Waals surface area (Å²) in [6.45, 7) is 0. The molecule has 4 N–H and O–H groups in total. The summed E-state index contributed by atoms with van der Waals surface area (Å²) < 4.78 is 0. The molecular weight excluding hydrogens is 118 g/mol. The molecule has 0 aromatic heterocycles. The number of carbonyl (C=O) groups is 1. The summed E-state index contributed by atoms with van der Waals surface area (Å²) in [5, 5.41) is 0. The average Bonchev–Trinajstić information content (AvgIpc) is 0.811. The van der Waals surface area contributed by atoms with Gasteiger partial charge >= 0.3 is 23.4 Å². The molecule has 0 aromatic rings. The van der Waals surface area contributed by atoms with Crippen LogP contribution in [0.3, 0.4) is 0 Å². The summed E-state index contributed by atoms with van der Waals surface area (Å²) in [4.78, 5) is 9.00. The predicted molar refractivity (Wildman–Crippen MR) is 19.5 cm³/mol. The molecule has 0 rings (SSSR count). The topological polar surface area (TPSA) is 69.1 Å². The number of urea groups is 1. The molecule has 0 atom stereocenters. The van der Waals surface area contributed by atoms with Gasteiger partial charge in [0.15, 0.2) is 0 Å². The SMILES string of the molecule is NC(N)=O.[Al+3].[Cl-]. The van der Waals surface area contributed by atoms with E-state index in [-0.39, 0.29) is 29.8 Å². The molecule has 0 heterocycles. The Kier molecular flexibility index (Phi) is 24.6. The number of hydrogen-bond acceptors (Lipinski definition) is 1. The van der Waals surface area contributed by atoms with Crippen LogP contribution in [0.2, 0.25) is 0 Å². The molecule has 0 aliphatic rings. The summed E-state index contributed by atoms with van der Waals surface area (Å²) in [5.41, 5.74) is 8.50. The van der Waals surface area contributed by atoms with Gasteiger partial charge in [0.1, 0.15) is 0 Å². The number of rotatable bonds is 0. The molecule has 2 amide bonds. The van der Waals surface area contributed by atoms with Crippen LogP contribution >= 0.6 is 0 Å². The zero-order valence-electron chi connectivity index (χ0n) is 3.02. The van der Waals surface area contributed by atoms with E-state index in [4.69, 9.17) is 4.79 Å². The first kappa shape index (κ1) is 16.5. The van der Waals surface area contributed by atoms with E-state index in [0.717, 1.165) is 0 Å². The normalized spacial score (nSPS) is 4.00. The molecule has 0 radical (unpaired) electrons. The summed E-state index contributed by atoms with van der Waals surface area (Å²) >= 11 is 0. The summed E-state index contributed by atoms with van der Waals surface area (Å²) in [6.07, 6.45) is 0. The van der Waals surface area contributed by atoms with Crippen molar-refractivity contribution in [3.63, 3.8) is 0 Å². The zero-order chi connectivity index (χ0) is 3.58. The Bertz CT molecular complexity index is 36.5. The van der Waals surface area contributed by atoms with Gasteiger partial charge in [-0.3, -0.25) is 0 Å². The molecule has 5 heteroatoms. The van der Waals surface area contributed by atoms with E-state index in [2.05, 4.69) is 11.5 Å². The molecule has 0 aliphatic heterocycles. The second-order valence-corrected chi connectivity index (χ2v) is 0.402. The maximum atomic E-state index is 9.00. The smallest absolute Gasteiger partial charge is 1.00 e. The molecule has 0 aliphatic carbocycles. The van der Waals surface area contributed by atoms with Gasteiger partial charge in [0, 0.05) is 0 Å². The van der Waals surface area contributed by atoms with Gasteiger partial charge < -0.3 is 23.9 Å². The molecule has 0 fully saturated rings. The Morgan fingerprint density at radius 1 is 1.33 bits per heavy atom. The molecule has 0 saturated heterocycles. The summed E-state index contributed by atoms with van der Waals surface area (Å²) in [6, 6.07) is -0.833. The summed E-state index contributed by atoms with van der Waals surface area (Å²) in [5.74, 6) is 0. The quantitative estimate of drug-likeness (QED) is 0.313. The van der Waals surface area contributed by atoms with Gasteiger partial charge in [-0.2, -0.15) is 0 Å². The van der Waals surface area contributed by atoms with Crippen LogP contribution in [0.25, 0.3) is 0 Å². The fourth-order valence-electron chi connectivity index (χ4n) is 0. The van der Waals surface area contributed by atoms with Crippen LogP contribution in [0, 0.1) is 0 Å². The van der Waals surface area contributed by atoms with E-state index in [0.29, 0.717) is 0 Å². The van der Waals surface area contributed by atoms with E-state index in [1.165, 1.54) is 0 Å². The van der Waals surface area contributed by atoms with Gasteiger partial charge in [-0.05, 0) is 0 Å². The predicted octanol–water partition coefficient (Wildman–Crippen LogP) is -4.35. The molecule has 0 aromatic carbocycles. The average molecular weight is 122 g/mol. The van der Waals surface area contributed by atoms with Crippen molar-refractivity contribution in [3.8, 4) is 0 Å². The standard InChI is InChI=1S/CH4N2O.Al.ClH/c2-1(3)4;;/h(H4,2,3,4);;1H/q;+3;/p-1. The van der Waals surface area contributed by atoms with E-state index in [1.54, 1.807) is 0 Å². The number of halogens is 1. The van der Waals surface area contributed by atoms with Crippen LogP contribution in [-0.2, 0) is 0 Å². The van der Waals surface area contributed by atoms with E-state index >= 15 is 0 Å². The third-order valence-electron chi connectivity index (χ3n) is 0. The molecule has 3 nitrogen and oxygen atoms in total. The van der Waals surface area contributed by atoms with E-state index in [1.807, 2.05) is 0 Å². The first-order valence-electron chi connectivity index (χ1n) is 0.781. The van der Waals surface area contributed by atoms with Gasteiger partial charge in [-0.15, -0.1) is 0 Å². The number of hydrogen-bond donors (Lipinski definition) is 2. The van der Waals surface area contributed by atoms with Crippen LogP contribution in [0.1, 0.15) is 0 Å². The van der Waals surface area contributed by atoms with Gasteiger partial charge in [0.2, 0.25) is 0 Å². The van der Waals surface area contributed by atoms with Gasteiger partial charge in [-0.25, -0.2) is 4.79 Å². The van der Waals surface area contributed by atoms with Gasteiger partial charge in [0.05, 0.1) is 0 Å². The van der Waals surface area contributed by atoms with Gasteiger partial charge in [-0.1, -0.05) is 0 Å². The van der Waals surface area contributed by atoms with Crippen molar-refractivity contribution in [1.82, 2.24) is 0 Å². The van der Waals surface area contributed by atoms with Crippen LogP contribution in [0.15, 0.2) is 0 Å². The van der Waals surface area contributed by atoms with Crippen LogP contribution in [-0.4, -0.2) is 23.4 Å². The van der Waals surface area contributed by atoms with Gasteiger partial charge in [0.25, 0.3) is 0 Å². The van der Waals surface area contributed by atoms with Crippen LogP contribution in [0.4, 0.5) is 4.79 Å². The Labute approximate surface area is 52.6 Å². The van der Waals surface area contributed by atoms with Crippen LogP contribution in [0.5, 0.6) is 0 Å². The van der Waals surface area contributed by atoms with Crippen molar-refractivity contribution in [3.05, 3.63) is 0 Å². The number of carbonyl (C=O) groups excluding carboxylic acids is 1. The van der Waals surface area contributed by atoms with Crippen molar-refractivity contribution in [1.29, 1.82) is 0 Å². The van der Waals surface area contributed by atoms with Crippen molar-refractivity contribution >= 4 is 23.4 Å². The maximum absolute atomic E-state index is 9.00. The van der Waals surface area contributed by atoms with Crippen LogP contribution < -0.4 is 23.9 Å². The first-order chi connectivity index (χ1) is 1.73. The molecule has 0 saturated carbocycles. The molecular formula is CH4AlClN2O+2. The molecule has 32 valence electrons. The Morgan fingerprint density at radius 3 is 1.33 bits per heavy atom. The fraction of sp³-hybridized carbons (Fsp3) is 0. The van der Waals surface area contributed by atoms with E-state index in [9.17, 15) is 0 Å². The minimum absolute atomic E-state index is 0. The molecule has 0 spiro atoms. The zero-order valence-corrected chi connectivity index (χ0v) is 4.93. The Morgan fingerprint density at radius 2 is 1.33 bits per heavy atom. The molecule has 6 heavy (non-hydrogen) atoms. The van der Waals surface area contributed by atoms with Crippen molar-refractivity contribution < 1.29 is 17.2 Å². The minimum Gasteiger partial charge on any atom is -1.00 e. The fourth-order valence-corrected chi connectivity index (χ4v) is 0. The Balaban J connectivity index is -0.0000000450. The number of amides is 2. The largest absolute Gasteiger partial charge is 3.00 e. The second kappa shape index (κ2) is 8.92. The number of primary amides is 2. The third kappa shape index (κ3) is 4580. The summed E-state index contributed by atoms with van der Waals surface area (Å²) in [7, 11) is 0.